The Morgan fingerprint density at radius 3 is 2.67 bits per heavy atom. The van der Waals surface area contributed by atoms with Crippen molar-refractivity contribution in [1.29, 1.82) is 0 Å². The Balaban J connectivity index is 0.000000168. The van der Waals surface area contributed by atoms with Crippen LogP contribution in [0.5, 0.6) is 0 Å². The molecule has 6 rings (SSSR count). The SMILES string of the molecule is CC1CCCN(C(=O)C(=O)Nc2cncc3c(N)nccc23)C1.CN1CCCC(c2nc3ccccc3s2)C1. The molecular formula is C29H35N7O2S. The second-order valence-corrected chi connectivity index (χ2v) is 11.6. The number of nitrogen functional groups attached to an aromatic ring is 1. The van der Waals surface area contributed by atoms with Crippen molar-refractivity contribution in [2.45, 2.75) is 38.5 Å². The lowest BCUT2D eigenvalue weighted by Crippen LogP contribution is -2.44. The molecule has 0 aliphatic carbocycles. The molecule has 2 fully saturated rings. The number of carbonyl (C=O) groups excluding carboxylic acids is 2. The largest absolute Gasteiger partial charge is 0.383 e. The van der Waals surface area contributed by atoms with Crippen LogP contribution in [0, 0.1) is 5.92 Å². The Kier molecular flexibility index (Phi) is 8.33. The van der Waals surface area contributed by atoms with Crippen LogP contribution in [0.3, 0.4) is 0 Å². The van der Waals surface area contributed by atoms with Crippen LogP contribution in [-0.4, -0.2) is 69.8 Å². The Hall–Kier alpha value is -3.63. The Bertz CT molecular complexity index is 1440. The third-order valence-electron chi connectivity index (χ3n) is 7.39. The van der Waals surface area contributed by atoms with E-state index < -0.39 is 11.8 Å². The molecule has 2 atom stereocenters. The van der Waals surface area contributed by atoms with Crippen LogP contribution in [-0.2, 0) is 9.59 Å². The van der Waals surface area contributed by atoms with E-state index in [1.165, 1.54) is 41.8 Å². The van der Waals surface area contributed by atoms with Gasteiger partial charge in [-0.05, 0) is 63.4 Å². The number of anilines is 2. The Morgan fingerprint density at radius 2 is 1.87 bits per heavy atom. The lowest BCUT2D eigenvalue weighted by molar-refractivity contribution is -0.144. The Morgan fingerprint density at radius 1 is 1.05 bits per heavy atom. The molecule has 0 spiro atoms. The van der Waals surface area contributed by atoms with Crippen molar-refractivity contribution in [3.63, 3.8) is 0 Å². The number of fused-ring (bicyclic) bond motifs is 2. The number of pyridine rings is 2. The third kappa shape index (κ3) is 6.34. The number of piperidine rings is 2. The normalized spacial score (nSPS) is 19.9. The molecule has 2 aliphatic rings. The molecule has 2 unspecified atom stereocenters. The van der Waals surface area contributed by atoms with Gasteiger partial charge in [0.15, 0.2) is 0 Å². The molecule has 2 saturated heterocycles. The summed E-state index contributed by atoms with van der Waals surface area (Å²) in [4.78, 5) is 41.4. The summed E-state index contributed by atoms with van der Waals surface area (Å²) in [5.74, 6) is 0.253. The average molecular weight is 546 g/mol. The highest BCUT2D eigenvalue weighted by Crippen LogP contribution is 2.32. The molecule has 2 amide bonds. The lowest BCUT2D eigenvalue weighted by Gasteiger charge is -2.30. The van der Waals surface area contributed by atoms with Crippen LogP contribution in [0.15, 0.2) is 48.9 Å². The number of benzene rings is 1. The highest BCUT2D eigenvalue weighted by molar-refractivity contribution is 7.18. The monoisotopic (exact) mass is 545 g/mol. The van der Waals surface area contributed by atoms with E-state index in [4.69, 9.17) is 10.7 Å². The van der Waals surface area contributed by atoms with Gasteiger partial charge in [-0.1, -0.05) is 19.1 Å². The lowest BCUT2D eigenvalue weighted by atomic mass is 9.99. The molecule has 2 aliphatic heterocycles. The zero-order chi connectivity index (χ0) is 27.4. The number of thiazole rings is 1. The average Bonchev–Trinajstić information content (AvgIpc) is 3.38. The predicted molar refractivity (Wildman–Crippen MR) is 157 cm³/mol. The fourth-order valence-electron chi connectivity index (χ4n) is 5.34. The van der Waals surface area contributed by atoms with Crippen LogP contribution < -0.4 is 11.1 Å². The quantitative estimate of drug-likeness (QED) is 0.356. The van der Waals surface area contributed by atoms with E-state index in [0.717, 1.165) is 18.4 Å². The zero-order valence-corrected chi connectivity index (χ0v) is 23.3. The van der Waals surface area contributed by atoms with Gasteiger partial charge in [-0.2, -0.15) is 0 Å². The van der Waals surface area contributed by atoms with Gasteiger partial charge in [0.25, 0.3) is 0 Å². The van der Waals surface area contributed by atoms with E-state index >= 15 is 0 Å². The maximum Gasteiger partial charge on any atom is 0.313 e. The van der Waals surface area contributed by atoms with Crippen LogP contribution in [0.4, 0.5) is 11.5 Å². The first-order valence-electron chi connectivity index (χ1n) is 13.5. The summed E-state index contributed by atoms with van der Waals surface area (Å²) in [6.45, 7) is 5.74. The molecular weight excluding hydrogens is 510 g/mol. The van der Waals surface area contributed by atoms with E-state index in [2.05, 4.69) is 58.4 Å². The van der Waals surface area contributed by atoms with Crippen LogP contribution in [0.2, 0.25) is 0 Å². The van der Waals surface area contributed by atoms with Crippen LogP contribution in [0.25, 0.3) is 21.0 Å². The van der Waals surface area contributed by atoms with Gasteiger partial charge < -0.3 is 20.9 Å². The number of rotatable bonds is 2. The smallest absolute Gasteiger partial charge is 0.313 e. The molecule has 0 saturated carbocycles. The van der Waals surface area contributed by atoms with Gasteiger partial charge in [-0.15, -0.1) is 11.3 Å². The zero-order valence-electron chi connectivity index (χ0n) is 22.5. The first-order chi connectivity index (χ1) is 18.9. The number of nitrogens with two attached hydrogens (primary N) is 1. The number of likely N-dealkylation sites (tertiary alicyclic amines) is 2. The van der Waals surface area contributed by atoms with Crippen molar-refractivity contribution in [3.8, 4) is 0 Å². The van der Waals surface area contributed by atoms with E-state index in [1.54, 1.807) is 23.4 Å². The van der Waals surface area contributed by atoms with Crippen LogP contribution in [0.1, 0.15) is 43.5 Å². The molecule has 3 aromatic heterocycles. The maximum absolute atomic E-state index is 12.3. The summed E-state index contributed by atoms with van der Waals surface area (Å²) in [7, 11) is 2.21. The fraction of sp³-hybridized carbons (Fsp3) is 0.414. The fourth-order valence-corrected chi connectivity index (χ4v) is 6.43. The molecule has 9 nitrogen and oxygen atoms in total. The molecule has 0 radical (unpaired) electrons. The van der Waals surface area contributed by atoms with Gasteiger partial charge in [-0.3, -0.25) is 14.6 Å². The minimum atomic E-state index is -0.649. The van der Waals surface area contributed by atoms with Gasteiger partial charge in [0.2, 0.25) is 0 Å². The molecule has 1 aromatic carbocycles. The van der Waals surface area contributed by atoms with Gasteiger partial charge in [-0.25, -0.2) is 9.97 Å². The van der Waals surface area contributed by atoms with E-state index in [-0.39, 0.29) is 0 Å². The van der Waals surface area contributed by atoms with E-state index in [9.17, 15) is 9.59 Å². The molecule has 3 N–H and O–H groups in total. The summed E-state index contributed by atoms with van der Waals surface area (Å²) in [6.07, 6.45) is 9.26. The van der Waals surface area contributed by atoms with Crippen molar-refractivity contribution >= 4 is 55.6 Å². The van der Waals surface area contributed by atoms with Gasteiger partial charge >= 0.3 is 11.8 Å². The number of amides is 2. The summed E-state index contributed by atoms with van der Waals surface area (Å²) < 4.78 is 1.32. The number of nitrogens with one attached hydrogen (secondary N) is 1. The van der Waals surface area contributed by atoms with Crippen molar-refractivity contribution < 1.29 is 9.59 Å². The highest BCUT2D eigenvalue weighted by atomic mass is 32.1. The highest BCUT2D eigenvalue weighted by Gasteiger charge is 2.26. The van der Waals surface area contributed by atoms with E-state index in [1.807, 2.05) is 11.3 Å². The topological polar surface area (TPSA) is 117 Å². The number of hydrogen-bond acceptors (Lipinski definition) is 8. The van der Waals surface area contributed by atoms with Crippen molar-refractivity contribution in [2.75, 3.05) is 44.3 Å². The second kappa shape index (κ2) is 12.0. The summed E-state index contributed by atoms with van der Waals surface area (Å²) in [5, 5.41) is 5.33. The second-order valence-electron chi connectivity index (χ2n) is 10.6. The first-order valence-corrected chi connectivity index (χ1v) is 14.3. The number of likely N-dealkylation sites (N-methyl/N-ethyl adjacent to an activating group) is 1. The summed E-state index contributed by atoms with van der Waals surface area (Å²) in [6, 6.07) is 10.2. The van der Waals surface area contributed by atoms with Crippen molar-refractivity contribution in [3.05, 3.63) is 53.9 Å². The number of carbonyl (C=O) groups is 2. The summed E-state index contributed by atoms with van der Waals surface area (Å²) >= 11 is 1.87. The number of aromatic nitrogens is 3. The molecule has 39 heavy (non-hydrogen) atoms. The van der Waals surface area contributed by atoms with Crippen molar-refractivity contribution in [2.24, 2.45) is 5.92 Å². The molecule has 10 heteroatoms. The number of hydrogen-bond donors (Lipinski definition) is 2. The molecule has 4 aromatic rings. The van der Waals surface area contributed by atoms with Gasteiger partial charge in [0.1, 0.15) is 5.82 Å². The number of nitrogens with zero attached hydrogens (tertiary/aromatic N) is 5. The predicted octanol–water partition coefficient (Wildman–Crippen LogP) is 4.51. The standard InChI is InChI=1S/C16H19N5O2.C13H16N2S/c1-10-3-2-6-21(9-10)16(23)15(22)20-13-8-18-7-12-11(13)4-5-19-14(12)17;1-15-8-4-5-10(9-15)13-14-11-6-2-3-7-12(11)16-13/h4-5,7-8,10H,2-3,6,9H2,1H3,(H2,17,19)(H,20,22);2-3,6-7,10H,4-5,8-9H2,1H3. The van der Waals surface area contributed by atoms with E-state index in [0.29, 0.717) is 47.2 Å². The third-order valence-corrected chi connectivity index (χ3v) is 8.59. The molecule has 204 valence electrons. The number of para-hydroxylation sites is 1. The van der Waals surface area contributed by atoms with Gasteiger partial charge in [0.05, 0.1) is 27.1 Å². The summed E-state index contributed by atoms with van der Waals surface area (Å²) in [5.41, 5.74) is 7.43. The van der Waals surface area contributed by atoms with Crippen molar-refractivity contribution in [1.82, 2.24) is 24.8 Å². The maximum atomic E-state index is 12.3. The molecule has 0 bridgehead atoms. The van der Waals surface area contributed by atoms with Gasteiger partial charge in [0, 0.05) is 48.7 Å². The molecule has 5 heterocycles. The Labute approximate surface area is 232 Å². The minimum absolute atomic E-state index is 0.335. The minimum Gasteiger partial charge on any atom is -0.383 e. The van der Waals surface area contributed by atoms with Crippen LogP contribution >= 0.6 is 11.3 Å². The first kappa shape index (κ1) is 27.0.